The first-order valence-corrected chi connectivity index (χ1v) is 9.97. The average Bonchev–Trinajstić information content (AvgIpc) is 3.03. The molecule has 2 amide bonds. The van der Waals surface area contributed by atoms with Gasteiger partial charge >= 0.3 is 12.1 Å². The number of carbonyl (C=O) groups excluding carboxylic acids is 2. The summed E-state index contributed by atoms with van der Waals surface area (Å²) in [6, 6.07) is 15.2. The molecule has 7 nitrogen and oxygen atoms in total. The summed E-state index contributed by atoms with van der Waals surface area (Å²) in [4.78, 5) is 35.4. The Labute approximate surface area is 175 Å². The van der Waals surface area contributed by atoms with Crippen molar-refractivity contribution in [3.63, 3.8) is 0 Å². The van der Waals surface area contributed by atoms with E-state index in [9.17, 15) is 14.4 Å². The van der Waals surface area contributed by atoms with Crippen LogP contribution in [0, 0.1) is 5.92 Å². The van der Waals surface area contributed by atoms with E-state index >= 15 is 0 Å². The lowest BCUT2D eigenvalue weighted by molar-refractivity contribution is -0.138. The molecule has 1 aliphatic rings. The third-order valence-electron chi connectivity index (χ3n) is 5.07. The van der Waals surface area contributed by atoms with Crippen LogP contribution in [0.5, 0.6) is 0 Å². The van der Waals surface area contributed by atoms with Gasteiger partial charge in [0.2, 0.25) is 5.91 Å². The van der Waals surface area contributed by atoms with Gasteiger partial charge in [-0.2, -0.15) is 0 Å². The van der Waals surface area contributed by atoms with Crippen molar-refractivity contribution < 1.29 is 24.2 Å². The number of carboxylic acid groups (broad SMARTS) is 1. The normalized spacial score (nSPS) is 13.3. The van der Waals surface area contributed by atoms with Crippen LogP contribution in [0.3, 0.4) is 0 Å². The summed E-state index contributed by atoms with van der Waals surface area (Å²) in [5.41, 5.74) is 4.47. The van der Waals surface area contributed by atoms with Crippen LogP contribution in [-0.2, 0) is 14.3 Å². The highest BCUT2D eigenvalue weighted by Gasteiger charge is 2.30. The number of hydrogen-bond acceptors (Lipinski definition) is 4. The molecule has 0 saturated heterocycles. The van der Waals surface area contributed by atoms with Gasteiger partial charge in [-0.15, -0.1) is 0 Å². The van der Waals surface area contributed by atoms with Gasteiger partial charge < -0.3 is 20.5 Å². The summed E-state index contributed by atoms with van der Waals surface area (Å²) in [5, 5.41) is 13.6. The van der Waals surface area contributed by atoms with Crippen molar-refractivity contribution in [1.29, 1.82) is 0 Å². The maximum Gasteiger partial charge on any atom is 0.407 e. The molecular formula is C23H26N2O5. The van der Waals surface area contributed by atoms with Gasteiger partial charge in [-0.3, -0.25) is 9.59 Å². The molecule has 1 unspecified atom stereocenters. The van der Waals surface area contributed by atoms with Gasteiger partial charge in [-0.25, -0.2) is 4.79 Å². The van der Waals surface area contributed by atoms with Gasteiger partial charge in [0.05, 0.1) is 0 Å². The minimum Gasteiger partial charge on any atom is -0.480 e. The molecule has 3 rings (SSSR count). The highest BCUT2D eigenvalue weighted by Crippen LogP contribution is 2.44. The van der Waals surface area contributed by atoms with Gasteiger partial charge in [0, 0.05) is 5.92 Å². The van der Waals surface area contributed by atoms with E-state index in [1.54, 1.807) is 0 Å². The number of aliphatic carboxylic acids is 1. The number of carboxylic acids is 1. The number of nitrogens with one attached hydrogen (secondary N) is 2. The van der Waals surface area contributed by atoms with Crippen molar-refractivity contribution in [2.24, 2.45) is 5.92 Å². The fourth-order valence-corrected chi connectivity index (χ4v) is 3.77. The lowest BCUT2D eigenvalue weighted by Gasteiger charge is -2.20. The second-order valence-corrected chi connectivity index (χ2v) is 7.76. The zero-order chi connectivity index (χ0) is 21.7. The zero-order valence-corrected chi connectivity index (χ0v) is 17.1. The first-order valence-electron chi connectivity index (χ1n) is 9.97. The summed E-state index contributed by atoms with van der Waals surface area (Å²) in [7, 11) is 0. The van der Waals surface area contributed by atoms with Crippen LogP contribution >= 0.6 is 0 Å². The first-order chi connectivity index (χ1) is 14.4. The number of ether oxygens (including phenoxy) is 1. The number of carbonyl (C=O) groups is 3. The van der Waals surface area contributed by atoms with Crippen LogP contribution in [0.4, 0.5) is 4.79 Å². The summed E-state index contributed by atoms with van der Waals surface area (Å²) >= 11 is 0. The smallest absolute Gasteiger partial charge is 0.407 e. The van der Waals surface area contributed by atoms with Crippen LogP contribution in [0.15, 0.2) is 48.5 Å². The van der Waals surface area contributed by atoms with E-state index in [1.165, 1.54) is 0 Å². The Morgan fingerprint density at radius 3 is 2.10 bits per heavy atom. The fraction of sp³-hybridized carbons (Fsp3) is 0.348. The Bertz CT molecular complexity index is 895. The predicted molar refractivity (Wildman–Crippen MR) is 112 cm³/mol. The lowest BCUT2D eigenvalue weighted by Crippen LogP contribution is -2.48. The molecular weight excluding hydrogens is 384 g/mol. The SMILES string of the molecule is CC(C)CC(NC(=O)OCC1c2ccccc2-c2ccccc21)C(=O)NCC(=O)O. The van der Waals surface area contributed by atoms with E-state index in [1.807, 2.05) is 50.2 Å². The van der Waals surface area contributed by atoms with Crippen LogP contribution in [0.2, 0.25) is 0 Å². The molecule has 1 atom stereocenters. The van der Waals surface area contributed by atoms with Crippen molar-refractivity contribution in [3.05, 3.63) is 59.7 Å². The number of rotatable bonds is 8. The van der Waals surface area contributed by atoms with E-state index in [2.05, 4.69) is 22.8 Å². The van der Waals surface area contributed by atoms with Gasteiger partial charge in [0.1, 0.15) is 19.2 Å². The molecule has 0 heterocycles. The molecule has 7 heteroatoms. The standard InChI is InChI=1S/C23H26N2O5/c1-14(2)11-20(22(28)24-12-21(26)27)25-23(29)30-13-19-17-9-5-3-7-15(17)16-8-4-6-10-18(16)19/h3-10,14,19-20H,11-13H2,1-2H3,(H,24,28)(H,25,29)(H,26,27). The molecule has 0 saturated carbocycles. The quantitative estimate of drug-likeness (QED) is 0.620. The second kappa shape index (κ2) is 9.43. The largest absolute Gasteiger partial charge is 0.480 e. The van der Waals surface area contributed by atoms with Crippen LogP contribution in [0.1, 0.15) is 37.3 Å². The minimum absolute atomic E-state index is 0.0764. The summed E-state index contributed by atoms with van der Waals surface area (Å²) in [5.74, 6) is -1.64. The van der Waals surface area contributed by atoms with E-state index in [4.69, 9.17) is 9.84 Å². The molecule has 158 valence electrons. The highest BCUT2D eigenvalue weighted by molar-refractivity contribution is 5.88. The van der Waals surface area contributed by atoms with Crippen LogP contribution < -0.4 is 10.6 Å². The summed E-state index contributed by atoms with van der Waals surface area (Å²) in [6.45, 7) is 3.47. The third kappa shape index (κ3) is 4.97. The maximum atomic E-state index is 12.4. The molecule has 2 aromatic rings. The molecule has 0 fully saturated rings. The third-order valence-corrected chi connectivity index (χ3v) is 5.07. The Hall–Kier alpha value is -3.35. The molecule has 2 aromatic carbocycles. The van der Waals surface area contributed by atoms with Gasteiger partial charge in [-0.1, -0.05) is 62.4 Å². The zero-order valence-electron chi connectivity index (χ0n) is 17.1. The summed E-state index contributed by atoms with van der Waals surface area (Å²) < 4.78 is 5.48. The van der Waals surface area contributed by atoms with Gasteiger partial charge in [-0.05, 0) is 34.6 Å². The van der Waals surface area contributed by atoms with Crippen LogP contribution in [0.25, 0.3) is 11.1 Å². The predicted octanol–water partition coefficient (Wildman–Crippen LogP) is 3.14. The molecule has 3 N–H and O–H groups in total. The maximum absolute atomic E-state index is 12.4. The van der Waals surface area contributed by atoms with E-state index in [0.29, 0.717) is 6.42 Å². The van der Waals surface area contributed by atoms with Crippen molar-refractivity contribution in [2.45, 2.75) is 32.2 Å². The molecule has 30 heavy (non-hydrogen) atoms. The van der Waals surface area contributed by atoms with Crippen molar-refractivity contribution in [1.82, 2.24) is 10.6 Å². The average molecular weight is 410 g/mol. The molecule has 0 radical (unpaired) electrons. The fourth-order valence-electron chi connectivity index (χ4n) is 3.77. The van der Waals surface area contributed by atoms with Crippen LogP contribution in [-0.4, -0.2) is 42.3 Å². The van der Waals surface area contributed by atoms with E-state index < -0.39 is 30.6 Å². The minimum atomic E-state index is -1.15. The van der Waals surface area contributed by atoms with E-state index in [-0.39, 0.29) is 18.4 Å². The lowest BCUT2D eigenvalue weighted by atomic mass is 9.98. The molecule has 0 bridgehead atoms. The molecule has 0 aromatic heterocycles. The highest BCUT2D eigenvalue weighted by atomic mass is 16.5. The Morgan fingerprint density at radius 2 is 1.57 bits per heavy atom. The van der Waals surface area contributed by atoms with Crippen molar-refractivity contribution >= 4 is 18.0 Å². The van der Waals surface area contributed by atoms with Crippen molar-refractivity contribution in [3.8, 4) is 11.1 Å². The topological polar surface area (TPSA) is 105 Å². The van der Waals surface area contributed by atoms with Crippen molar-refractivity contribution in [2.75, 3.05) is 13.2 Å². The monoisotopic (exact) mass is 410 g/mol. The number of alkyl carbamates (subject to hydrolysis) is 1. The van der Waals surface area contributed by atoms with Gasteiger partial charge in [0.15, 0.2) is 0 Å². The molecule has 1 aliphatic carbocycles. The Kier molecular flexibility index (Phi) is 6.72. The number of fused-ring (bicyclic) bond motifs is 3. The molecule has 0 spiro atoms. The second-order valence-electron chi connectivity index (χ2n) is 7.76. The molecule has 0 aliphatic heterocycles. The number of benzene rings is 2. The number of hydrogen-bond donors (Lipinski definition) is 3. The number of amides is 2. The first kappa shape index (κ1) is 21.4. The Balaban J connectivity index is 1.65. The van der Waals surface area contributed by atoms with Gasteiger partial charge in [0.25, 0.3) is 0 Å². The summed E-state index contributed by atoms with van der Waals surface area (Å²) in [6.07, 6.45) is -0.330. The Morgan fingerprint density at radius 1 is 1.00 bits per heavy atom. The van der Waals surface area contributed by atoms with E-state index in [0.717, 1.165) is 22.3 Å².